The van der Waals surface area contributed by atoms with Gasteiger partial charge in [0.05, 0.1) is 12.1 Å². The van der Waals surface area contributed by atoms with Gasteiger partial charge in [0, 0.05) is 40.6 Å². The number of nitrogens with two attached hydrogens (primary N) is 2. The lowest BCUT2D eigenvalue weighted by Gasteiger charge is -2.31. The second kappa shape index (κ2) is 10.4. The molecule has 0 saturated heterocycles. The number of hydrogen-bond donors (Lipinski definition) is 6. The third-order valence-corrected chi connectivity index (χ3v) is 6.82. The molecule has 0 radical (unpaired) electrons. The lowest BCUT2D eigenvalue weighted by Crippen LogP contribution is -2.58. The second-order valence-electron chi connectivity index (χ2n) is 9.17. The highest BCUT2D eigenvalue weighted by molar-refractivity contribution is 6.24. The van der Waals surface area contributed by atoms with Crippen LogP contribution in [0.15, 0.2) is 60.9 Å². The topological polar surface area (TPSA) is 192 Å². The molecule has 4 rings (SSSR count). The molecule has 192 valence electrons. The van der Waals surface area contributed by atoms with Gasteiger partial charge in [0.1, 0.15) is 0 Å². The fourth-order valence-corrected chi connectivity index (χ4v) is 4.87. The van der Waals surface area contributed by atoms with Gasteiger partial charge in [0.2, 0.25) is 0 Å². The summed E-state index contributed by atoms with van der Waals surface area (Å²) in [4.78, 5) is 57.4. The third-order valence-electron chi connectivity index (χ3n) is 6.82. The van der Waals surface area contributed by atoms with E-state index < -0.39 is 53.8 Å². The van der Waals surface area contributed by atoms with E-state index in [9.17, 15) is 29.4 Å². The first kappa shape index (κ1) is 25.8. The molecule has 0 unspecified atom stereocenters. The minimum Gasteiger partial charge on any atom is -0.481 e. The van der Waals surface area contributed by atoms with Gasteiger partial charge in [-0.2, -0.15) is 0 Å². The number of H-pyrrole nitrogens is 2. The number of Topliss-reactive ketones (excluding diaryl/α,β-unsaturated/α-hetero) is 2. The number of carbonyl (C=O) groups excluding carboxylic acids is 2. The van der Waals surface area contributed by atoms with Crippen LogP contribution in [0.2, 0.25) is 0 Å². The Hall–Kier alpha value is -4.28. The number of benzene rings is 2. The monoisotopic (exact) mass is 504 g/mol. The molecule has 0 spiro atoms. The molecule has 10 heteroatoms. The van der Waals surface area contributed by atoms with E-state index in [0.29, 0.717) is 11.1 Å². The average molecular weight is 505 g/mol. The molecule has 8 N–H and O–H groups in total. The number of aromatic amines is 2. The number of aliphatic carboxylic acids is 2. The molecule has 10 nitrogen and oxygen atoms in total. The average Bonchev–Trinajstić information content (AvgIpc) is 3.48. The highest BCUT2D eigenvalue weighted by atomic mass is 16.4. The van der Waals surface area contributed by atoms with E-state index in [1.54, 1.807) is 12.4 Å². The maximum absolute atomic E-state index is 13.7. The van der Waals surface area contributed by atoms with Crippen LogP contribution < -0.4 is 11.5 Å². The van der Waals surface area contributed by atoms with Crippen molar-refractivity contribution < 1.29 is 29.4 Å². The van der Waals surface area contributed by atoms with E-state index in [2.05, 4.69) is 9.97 Å². The Bertz CT molecular complexity index is 1390. The number of rotatable bonds is 12. The summed E-state index contributed by atoms with van der Waals surface area (Å²) in [6.07, 6.45) is 1.78. The summed E-state index contributed by atoms with van der Waals surface area (Å²) >= 11 is 0. The summed E-state index contributed by atoms with van der Waals surface area (Å²) in [5, 5.41) is 21.1. The third kappa shape index (κ3) is 4.89. The van der Waals surface area contributed by atoms with Crippen LogP contribution in [0.25, 0.3) is 21.8 Å². The van der Waals surface area contributed by atoms with Crippen molar-refractivity contribution >= 4 is 45.3 Å². The van der Waals surface area contributed by atoms with E-state index in [4.69, 9.17) is 11.5 Å². The quantitative estimate of drug-likeness (QED) is 0.158. The number of fused-ring (bicyclic) bond motifs is 2. The SMILES string of the molecule is N[C@@H](Cc1c[nH]c2ccccc12)C(=O)C(CCC(=O)O)(C(=O)O)C(=O)[C@@H](N)Cc1c[nH]c2ccccc12. The number of nitrogens with one attached hydrogen (secondary N) is 2. The van der Waals surface area contributed by atoms with Crippen molar-refractivity contribution in [1.29, 1.82) is 0 Å². The van der Waals surface area contributed by atoms with Gasteiger partial charge >= 0.3 is 11.9 Å². The zero-order chi connectivity index (χ0) is 26.7. The maximum Gasteiger partial charge on any atom is 0.325 e. The first-order valence-corrected chi connectivity index (χ1v) is 11.8. The van der Waals surface area contributed by atoms with Crippen molar-refractivity contribution in [3.8, 4) is 0 Å². The number of carbonyl (C=O) groups is 4. The maximum atomic E-state index is 13.7. The van der Waals surface area contributed by atoms with Crippen LogP contribution in [-0.4, -0.2) is 55.8 Å². The van der Waals surface area contributed by atoms with Crippen molar-refractivity contribution in [1.82, 2.24) is 9.97 Å². The van der Waals surface area contributed by atoms with E-state index >= 15 is 0 Å². The van der Waals surface area contributed by atoms with Crippen molar-refractivity contribution in [2.45, 2.75) is 37.8 Å². The van der Waals surface area contributed by atoms with Crippen LogP contribution in [0.1, 0.15) is 24.0 Å². The minimum atomic E-state index is -2.70. The second-order valence-corrected chi connectivity index (χ2v) is 9.17. The molecular formula is C27H28N4O6. The van der Waals surface area contributed by atoms with Gasteiger partial charge < -0.3 is 31.6 Å². The summed E-state index contributed by atoms with van der Waals surface area (Å²) in [5.74, 6) is -5.23. The number of para-hydroxylation sites is 2. The Labute approximate surface area is 211 Å². The number of carboxylic acids is 2. The first-order valence-electron chi connectivity index (χ1n) is 11.8. The van der Waals surface area contributed by atoms with E-state index in [1.807, 2.05) is 48.5 Å². The highest BCUT2D eigenvalue weighted by Gasteiger charge is 2.55. The highest BCUT2D eigenvalue weighted by Crippen LogP contribution is 2.32. The van der Waals surface area contributed by atoms with Crippen molar-refractivity contribution in [3.05, 3.63) is 72.1 Å². The minimum absolute atomic E-state index is 0.0457. The molecule has 0 bridgehead atoms. The van der Waals surface area contributed by atoms with Gasteiger partial charge in [0.15, 0.2) is 17.0 Å². The number of carboxylic acid groups (broad SMARTS) is 2. The Morgan fingerprint density at radius 2 is 1.19 bits per heavy atom. The normalized spacial score (nSPS) is 13.5. The first-order chi connectivity index (χ1) is 17.6. The standard InChI is InChI=1S/C27H28N4O6/c28-19(11-15-13-30-21-7-3-1-5-17(15)21)24(34)27(26(36)37,10-9-23(32)33)25(35)20(29)12-16-14-31-22-8-4-2-6-18(16)22/h1-8,13-14,19-20,30-31H,9-12,28-29H2,(H,32,33)(H,36,37)/t19-,20-/m0/s1. The predicted molar refractivity (Wildman–Crippen MR) is 137 cm³/mol. The Morgan fingerprint density at radius 1 is 0.757 bits per heavy atom. The van der Waals surface area contributed by atoms with Gasteiger partial charge in [-0.15, -0.1) is 0 Å². The van der Waals surface area contributed by atoms with Crippen molar-refractivity contribution in [3.63, 3.8) is 0 Å². The summed E-state index contributed by atoms with van der Waals surface area (Å²) in [5.41, 5.74) is 12.7. The Balaban J connectivity index is 1.66. The van der Waals surface area contributed by atoms with Gasteiger partial charge in [-0.3, -0.25) is 19.2 Å². The fraction of sp³-hybridized carbons (Fsp3) is 0.259. The summed E-state index contributed by atoms with van der Waals surface area (Å²) in [6, 6.07) is 11.9. The molecular weight excluding hydrogens is 476 g/mol. The van der Waals surface area contributed by atoms with Crippen LogP contribution >= 0.6 is 0 Å². The van der Waals surface area contributed by atoms with Crippen molar-refractivity contribution in [2.24, 2.45) is 16.9 Å². The zero-order valence-corrected chi connectivity index (χ0v) is 19.9. The fourth-order valence-electron chi connectivity index (χ4n) is 4.87. The molecule has 2 aromatic carbocycles. The van der Waals surface area contributed by atoms with Crippen LogP contribution in [0.5, 0.6) is 0 Å². The van der Waals surface area contributed by atoms with E-state index in [-0.39, 0.29) is 12.8 Å². The lowest BCUT2D eigenvalue weighted by atomic mass is 9.69. The zero-order valence-electron chi connectivity index (χ0n) is 19.9. The summed E-state index contributed by atoms with van der Waals surface area (Å²) < 4.78 is 0. The van der Waals surface area contributed by atoms with Crippen LogP contribution in [0, 0.1) is 5.41 Å². The Kier molecular flexibility index (Phi) is 7.23. The van der Waals surface area contributed by atoms with Crippen LogP contribution in [-0.2, 0) is 32.0 Å². The Morgan fingerprint density at radius 3 is 1.59 bits per heavy atom. The predicted octanol–water partition coefficient (Wildman–Crippen LogP) is 2.16. The molecule has 0 aliphatic heterocycles. The van der Waals surface area contributed by atoms with Crippen molar-refractivity contribution in [2.75, 3.05) is 0 Å². The molecule has 0 fully saturated rings. The van der Waals surface area contributed by atoms with Crippen LogP contribution in [0.3, 0.4) is 0 Å². The molecule has 0 amide bonds. The molecule has 0 saturated carbocycles. The smallest absolute Gasteiger partial charge is 0.325 e. The van der Waals surface area contributed by atoms with Gasteiger partial charge in [-0.25, -0.2) is 0 Å². The summed E-state index contributed by atoms with van der Waals surface area (Å²) in [7, 11) is 0. The number of ketones is 2. The molecule has 37 heavy (non-hydrogen) atoms. The van der Waals surface area contributed by atoms with Crippen LogP contribution in [0.4, 0.5) is 0 Å². The van der Waals surface area contributed by atoms with E-state index in [1.165, 1.54) is 0 Å². The molecule has 2 aromatic heterocycles. The van der Waals surface area contributed by atoms with Gasteiger partial charge in [0.25, 0.3) is 0 Å². The number of hydrogen-bond acceptors (Lipinski definition) is 6. The van der Waals surface area contributed by atoms with E-state index in [0.717, 1.165) is 21.8 Å². The van der Waals surface area contributed by atoms with Gasteiger partial charge in [-0.1, -0.05) is 36.4 Å². The molecule has 0 aliphatic carbocycles. The summed E-state index contributed by atoms with van der Waals surface area (Å²) in [6.45, 7) is 0. The molecule has 2 atom stereocenters. The molecule has 4 aromatic rings. The van der Waals surface area contributed by atoms with Gasteiger partial charge in [-0.05, 0) is 42.5 Å². The lowest BCUT2D eigenvalue weighted by molar-refractivity contribution is -0.162. The molecule has 2 heterocycles. The number of aromatic nitrogens is 2. The largest absolute Gasteiger partial charge is 0.481 e. The molecule has 0 aliphatic rings.